The van der Waals surface area contributed by atoms with Crippen molar-refractivity contribution in [3.63, 3.8) is 0 Å². The number of nitrogens with two attached hydrogens (primary N) is 1. The molecular formula is C14H21N5. The van der Waals surface area contributed by atoms with Gasteiger partial charge >= 0.3 is 0 Å². The highest BCUT2D eigenvalue weighted by Gasteiger charge is 2.16. The third-order valence-corrected chi connectivity index (χ3v) is 3.27. The quantitative estimate of drug-likeness (QED) is 0.611. The van der Waals surface area contributed by atoms with Gasteiger partial charge in [0.1, 0.15) is 0 Å². The van der Waals surface area contributed by atoms with Crippen LogP contribution in [0.3, 0.4) is 0 Å². The van der Waals surface area contributed by atoms with E-state index in [1.54, 1.807) is 12.4 Å². The average Bonchev–Trinajstić information content (AvgIpc) is 2.89. The van der Waals surface area contributed by atoms with Gasteiger partial charge in [-0.3, -0.25) is 20.9 Å². The molecule has 3 N–H and O–H groups in total. The molecule has 0 bridgehead atoms. The molecule has 1 atom stereocenters. The first-order chi connectivity index (χ1) is 9.28. The molecule has 0 saturated carbocycles. The van der Waals surface area contributed by atoms with Crippen LogP contribution in [0.25, 0.3) is 0 Å². The van der Waals surface area contributed by atoms with Crippen LogP contribution in [0.5, 0.6) is 0 Å². The second kappa shape index (κ2) is 6.45. The molecule has 19 heavy (non-hydrogen) atoms. The van der Waals surface area contributed by atoms with Gasteiger partial charge in [0.25, 0.3) is 0 Å². The predicted molar refractivity (Wildman–Crippen MR) is 75.3 cm³/mol. The summed E-state index contributed by atoms with van der Waals surface area (Å²) < 4.78 is 2.02. The summed E-state index contributed by atoms with van der Waals surface area (Å²) >= 11 is 0. The van der Waals surface area contributed by atoms with E-state index < -0.39 is 0 Å². The molecule has 102 valence electrons. The van der Waals surface area contributed by atoms with Crippen molar-refractivity contribution < 1.29 is 0 Å². The minimum Gasteiger partial charge on any atom is -0.271 e. The number of aromatic nitrogens is 3. The summed E-state index contributed by atoms with van der Waals surface area (Å²) in [6.07, 6.45) is 5.37. The molecule has 0 spiro atoms. The smallest absolute Gasteiger partial charge is 0.0669 e. The van der Waals surface area contributed by atoms with E-state index in [0.717, 1.165) is 30.8 Å². The SMILES string of the molecule is CCc1cc(C(Cc2ccncc2)NN)n(CC)n1. The van der Waals surface area contributed by atoms with Crippen LogP contribution in [0, 0.1) is 0 Å². The fourth-order valence-electron chi connectivity index (χ4n) is 2.20. The van der Waals surface area contributed by atoms with Crippen LogP contribution >= 0.6 is 0 Å². The Balaban J connectivity index is 2.24. The zero-order chi connectivity index (χ0) is 13.7. The molecular weight excluding hydrogens is 238 g/mol. The molecule has 0 saturated heterocycles. The van der Waals surface area contributed by atoms with Gasteiger partial charge in [-0.15, -0.1) is 0 Å². The molecule has 0 aliphatic rings. The van der Waals surface area contributed by atoms with Crippen molar-refractivity contribution in [1.29, 1.82) is 0 Å². The van der Waals surface area contributed by atoms with Crippen molar-refractivity contribution in [3.05, 3.63) is 47.5 Å². The molecule has 0 fully saturated rings. The van der Waals surface area contributed by atoms with Gasteiger partial charge in [-0.1, -0.05) is 6.92 Å². The lowest BCUT2D eigenvalue weighted by Crippen LogP contribution is -2.31. The molecule has 0 aliphatic carbocycles. The third kappa shape index (κ3) is 3.19. The van der Waals surface area contributed by atoms with Crippen LogP contribution in [-0.4, -0.2) is 14.8 Å². The van der Waals surface area contributed by atoms with E-state index >= 15 is 0 Å². The van der Waals surface area contributed by atoms with E-state index in [2.05, 4.69) is 35.4 Å². The lowest BCUT2D eigenvalue weighted by atomic mass is 10.0. The lowest BCUT2D eigenvalue weighted by molar-refractivity contribution is 0.489. The monoisotopic (exact) mass is 259 g/mol. The van der Waals surface area contributed by atoms with Crippen molar-refractivity contribution in [2.45, 2.75) is 39.3 Å². The Bertz CT molecular complexity index is 506. The van der Waals surface area contributed by atoms with Gasteiger partial charge in [0.15, 0.2) is 0 Å². The summed E-state index contributed by atoms with van der Waals surface area (Å²) in [4.78, 5) is 4.03. The second-order valence-corrected chi connectivity index (χ2v) is 4.51. The summed E-state index contributed by atoms with van der Waals surface area (Å²) in [5.41, 5.74) is 6.35. The van der Waals surface area contributed by atoms with E-state index in [0.29, 0.717) is 0 Å². The highest BCUT2D eigenvalue weighted by atomic mass is 15.3. The number of hydrazine groups is 1. The first-order valence-corrected chi connectivity index (χ1v) is 6.70. The molecule has 5 heteroatoms. The fourth-order valence-corrected chi connectivity index (χ4v) is 2.20. The highest BCUT2D eigenvalue weighted by molar-refractivity contribution is 5.19. The Hall–Kier alpha value is -1.72. The topological polar surface area (TPSA) is 68.8 Å². The number of hydrogen-bond acceptors (Lipinski definition) is 4. The van der Waals surface area contributed by atoms with Crippen LogP contribution < -0.4 is 11.3 Å². The summed E-state index contributed by atoms with van der Waals surface area (Å²) in [6.45, 7) is 5.06. The standard InChI is InChI=1S/C14H21N5/c1-3-12-10-14(19(4-2)18-12)13(17-15)9-11-5-7-16-8-6-11/h5-8,10,13,17H,3-4,9,15H2,1-2H3. The molecule has 0 radical (unpaired) electrons. The zero-order valence-electron chi connectivity index (χ0n) is 11.5. The largest absolute Gasteiger partial charge is 0.271 e. The highest BCUT2D eigenvalue weighted by Crippen LogP contribution is 2.19. The number of hydrogen-bond donors (Lipinski definition) is 2. The number of rotatable bonds is 6. The van der Waals surface area contributed by atoms with Crippen LogP contribution in [0.15, 0.2) is 30.6 Å². The third-order valence-electron chi connectivity index (χ3n) is 3.27. The maximum absolute atomic E-state index is 5.72. The van der Waals surface area contributed by atoms with Gasteiger partial charge in [0.2, 0.25) is 0 Å². The van der Waals surface area contributed by atoms with Crippen LogP contribution in [0.1, 0.15) is 36.8 Å². The van der Waals surface area contributed by atoms with Crippen LogP contribution in [0.2, 0.25) is 0 Å². The maximum atomic E-state index is 5.72. The number of nitrogens with zero attached hydrogens (tertiary/aromatic N) is 3. The first-order valence-electron chi connectivity index (χ1n) is 6.70. The number of pyridine rings is 1. The Morgan fingerprint density at radius 3 is 2.63 bits per heavy atom. The molecule has 5 nitrogen and oxygen atoms in total. The minimum absolute atomic E-state index is 0.0650. The van der Waals surface area contributed by atoms with E-state index in [-0.39, 0.29) is 6.04 Å². The van der Waals surface area contributed by atoms with Gasteiger partial charge in [-0.05, 0) is 43.5 Å². The predicted octanol–water partition coefficient (Wildman–Crippen LogP) is 1.61. The number of nitrogens with one attached hydrogen (secondary N) is 1. The molecule has 2 heterocycles. The zero-order valence-corrected chi connectivity index (χ0v) is 11.5. The molecule has 0 amide bonds. The first kappa shape index (κ1) is 13.7. The van der Waals surface area contributed by atoms with Crippen molar-refractivity contribution in [2.75, 3.05) is 0 Å². The average molecular weight is 259 g/mol. The minimum atomic E-state index is 0.0650. The molecule has 2 rings (SSSR count). The summed E-state index contributed by atoms with van der Waals surface area (Å²) in [7, 11) is 0. The lowest BCUT2D eigenvalue weighted by Gasteiger charge is -2.17. The van der Waals surface area contributed by atoms with Gasteiger partial charge in [0, 0.05) is 18.9 Å². The van der Waals surface area contributed by atoms with Crippen molar-refractivity contribution in [1.82, 2.24) is 20.2 Å². The Morgan fingerprint density at radius 1 is 1.32 bits per heavy atom. The number of aryl methyl sites for hydroxylation is 2. The summed E-state index contributed by atoms with van der Waals surface area (Å²) in [5, 5.41) is 4.57. The van der Waals surface area contributed by atoms with Crippen LogP contribution in [-0.2, 0) is 19.4 Å². The summed E-state index contributed by atoms with van der Waals surface area (Å²) in [5.74, 6) is 5.72. The molecule has 0 aromatic carbocycles. The van der Waals surface area contributed by atoms with Crippen molar-refractivity contribution in [3.8, 4) is 0 Å². The van der Waals surface area contributed by atoms with Crippen molar-refractivity contribution >= 4 is 0 Å². The van der Waals surface area contributed by atoms with Gasteiger partial charge < -0.3 is 0 Å². The Morgan fingerprint density at radius 2 is 2.05 bits per heavy atom. The Labute approximate surface area is 113 Å². The molecule has 2 aromatic heterocycles. The second-order valence-electron chi connectivity index (χ2n) is 4.51. The fraction of sp³-hybridized carbons (Fsp3) is 0.429. The van der Waals surface area contributed by atoms with Crippen LogP contribution in [0.4, 0.5) is 0 Å². The van der Waals surface area contributed by atoms with E-state index in [1.165, 1.54) is 5.56 Å². The Kier molecular flexibility index (Phi) is 4.65. The van der Waals surface area contributed by atoms with Gasteiger partial charge in [0.05, 0.1) is 17.4 Å². The van der Waals surface area contributed by atoms with E-state index in [9.17, 15) is 0 Å². The van der Waals surface area contributed by atoms with Gasteiger partial charge in [-0.25, -0.2) is 0 Å². The van der Waals surface area contributed by atoms with Gasteiger partial charge in [-0.2, -0.15) is 5.10 Å². The normalized spacial score (nSPS) is 12.6. The summed E-state index contributed by atoms with van der Waals surface area (Å²) in [6, 6.07) is 6.22. The maximum Gasteiger partial charge on any atom is 0.0669 e. The van der Waals surface area contributed by atoms with E-state index in [4.69, 9.17) is 5.84 Å². The molecule has 0 aliphatic heterocycles. The molecule has 1 unspecified atom stereocenters. The van der Waals surface area contributed by atoms with Crippen molar-refractivity contribution in [2.24, 2.45) is 5.84 Å². The molecule has 2 aromatic rings. The van der Waals surface area contributed by atoms with E-state index in [1.807, 2.05) is 16.8 Å².